The number of hydrogen-bond donors (Lipinski definition) is 1. The minimum atomic E-state index is 0.936. The summed E-state index contributed by atoms with van der Waals surface area (Å²) in [6.07, 6.45) is 7.97. The van der Waals surface area contributed by atoms with E-state index in [1.54, 1.807) is 0 Å². The van der Waals surface area contributed by atoms with Crippen LogP contribution < -0.4 is 10.2 Å². The van der Waals surface area contributed by atoms with Gasteiger partial charge in [-0.25, -0.2) is 0 Å². The first kappa shape index (κ1) is 18.1. The number of piperazine rings is 1. The van der Waals surface area contributed by atoms with Gasteiger partial charge in [-0.05, 0) is 30.8 Å². The van der Waals surface area contributed by atoms with Crippen LogP contribution in [-0.4, -0.2) is 42.7 Å². The first-order chi connectivity index (χ1) is 11.3. The predicted molar refractivity (Wildman–Crippen MR) is 104 cm³/mol. The number of para-hydroxylation sites is 1. The number of nitrogens with one attached hydrogen (secondary N) is 1. The molecule has 0 atom stereocenters. The minimum absolute atomic E-state index is 0.936. The van der Waals surface area contributed by atoms with Gasteiger partial charge in [0.1, 0.15) is 0 Å². The summed E-state index contributed by atoms with van der Waals surface area (Å²) < 4.78 is 0. The normalized spacial score (nSPS) is 14.8. The third-order valence-corrected chi connectivity index (χ3v) is 4.90. The minimum Gasteiger partial charge on any atom is -0.368 e. The summed E-state index contributed by atoms with van der Waals surface area (Å²) in [6, 6.07) is 10.7. The zero-order chi connectivity index (χ0) is 16.3. The van der Waals surface area contributed by atoms with E-state index in [1.165, 1.54) is 44.2 Å². The summed E-state index contributed by atoms with van der Waals surface area (Å²) in [5, 5.41) is 4.37. The second kappa shape index (κ2) is 10.5. The molecule has 1 aliphatic rings. The highest BCUT2D eigenvalue weighted by Crippen LogP contribution is 2.15. The first-order valence-electron chi connectivity index (χ1n) is 9.14. The Kier molecular flexibility index (Phi) is 8.23. The summed E-state index contributed by atoms with van der Waals surface area (Å²) in [5.74, 6) is 0. The van der Waals surface area contributed by atoms with Crippen LogP contribution in [0.3, 0.4) is 0 Å². The van der Waals surface area contributed by atoms with Crippen molar-refractivity contribution in [3.63, 3.8) is 0 Å². The third kappa shape index (κ3) is 6.38. The number of hydrogen-bond acceptors (Lipinski definition) is 2. The third-order valence-electron chi connectivity index (χ3n) is 4.49. The maximum absolute atomic E-state index is 5.55. The summed E-state index contributed by atoms with van der Waals surface area (Å²) in [4.78, 5) is 4.75. The van der Waals surface area contributed by atoms with E-state index in [1.807, 2.05) is 0 Å². The molecule has 0 amide bonds. The Balaban J connectivity index is 1.58. The molecule has 1 aliphatic heterocycles. The molecule has 1 aromatic rings. The monoisotopic (exact) mass is 333 g/mol. The first-order valence-corrected chi connectivity index (χ1v) is 9.55. The summed E-state index contributed by atoms with van der Waals surface area (Å²) >= 11 is 5.55. The lowest BCUT2D eigenvalue weighted by Gasteiger charge is -2.37. The van der Waals surface area contributed by atoms with E-state index in [9.17, 15) is 0 Å². The number of anilines is 1. The van der Waals surface area contributed by atoms with Crippen molar-refractivity contribution >= 4 is 23.0 Å². The molecule has 128 valence electrons. The van der Waals surface area contributed by atoms with Crippen molar-refractivity contribution in [2.45, 2.75) is 45.4 Å². The van der Waals surface area contributed by atoms with Crippen LogP contribution in [0.25, 0.3) is 0 Å². The molecule has 0 aromatic heterocycles. The van der Waals surface area contributed by atoms with Crippen molar-refractivity contribution in [2.24, 2.45) is 0 Å². The standard InChI is InChI=1S/C19H31N3S/c1-2-3-4-5-6-10-13-20-19(23)22-16-14-21(15-17-22)18-11-8-7-9-12-18/h7-9,11-12H,2-6,10,13-17H2,1H3,(H,20,23). The fourth-order valence-electron chi connectivity index (χ4n) is 3.02. The van der Waals surface area contributed by atoms with Crippen LogP contribution in [0.5, 0.6) is 0 Å². The van der Waals surface area contributed by atoms with Crippen LogP contribution in [0.2, 0.25) is 0 Å². The van der Waals surface area contributed by atoms with Crippen molar-refractivity contribution in [2.75, 3.05) is 37.6 Å². The number of benzene rings is 1. The fourth-order valence-corrected chi connectivity index (χ4v) is 3.30. The van der Waals surface area contributed by atoms with E-state index >= 15 is 0 Å². The molecule has 0 unspecified atom stereocenters. The number of thiocarbonyl (C=S) groups is 1. The van der Waals surface area contributed by atoms with Crippen molar-refractivity contribution in [1.29, 1.82) is 0 Å². The van der Waals surface area contributed by atoms with Crippen molar-refractivity contribution in [3.8, 4) is 0 Å². The summed E-state index contributed by atoms with van der Waals surface area (Å²) in [7, 11) is 0. The van der Waals surface area contributed by atoms with Gasteiger partial charge in [-0.3, -0.25) is 0 Å². The van der Waals surface area contributed by atoms with Gasteiger partial charge in [0, 0.05) is 38.4 Å². The summed E-state index contributed by atoms with van der Waals surface area (Å²) in [6.45, 7) is 7.39. The van der Waals surface area contributed by atoms with Crippen LogP contribution in [0.15, 0.2) is 30.3 Å². The van der Waals surface area contributed by atoms with Gasteiger partial charge >= 0.3 is 0 Å². The largest absolute Gasteiger partial charge is 0.368 e. The number of nitrogens with zero attached hydrogens (tertiary/aromatic N) is 2. The molecule has 0 bridgehead atoms. The Morgan fingerprint density at radius 2 is 1.61 bits per heavy atom. The molecular weight excluding hydrogens is 302 g/mol. The molecule has 0 radical (unpaired) electrons. The summed E-state index contributed by atoms with van der Waals surface area (Å²) in [5.41, 5.74) is 1.32. The van der Waals surface area contributed by atoms with Gasteiger partial charge in [0.15, 0.2) is 5.11 Å². The van der Waals surface area contributed by atoms with Crippen molar-refractivity contribution in [3.05, 3.63) is 30.3 Å². The van der Waals surface area contributed by atoms with Crippen LogP contribution in [0.4, 0.5) is 5.69 Å². The number of rotatable bonds is 8. The average Bonchev–Trinajstić information content (AvgIpc) is 2.61. The molecule has 1 fully saturated rings. The van der Waals surface area contributed by atoms with Crippen LogP contribution in [0, 0.1) is 0 Å². The molecular formula is C19H31N3S. The lowest BCUT2D eigenvalue weighted by atomic mass is 10.1. The van der Waals surface area contributed by atoms with Gasteiger partial charge < -0.3 is 15.1 Å². The van der Waals surface area contributed by atoms with E-state index < -0.39 is 0 Å². The Morgan fingerprint density at radius 1 is 0.957 bits per heavy atom. The van der Waals surface area contributed by atoms with Gasteiger partial charge in [0.2, 0.25) is 0 Å². The Hall–Kier alpha value is -1.29. The second-order valence-corrected chi connectivity index (χ2v) is 6.70. The van der Waals surface area contributed by atoms with E-state index in [0.29, 0.717) is 0 Å². The van der Waals surface area contributed by atoms with Crippen LogP contribution in [-0.2, 0) is 0 Å². The molecule has 1 heterocycles. The second-order valence-electron chi connectivity index (χ2n) is 6.31. The maximum atomic E-state index is 5.55. The van der Waals surface area contributed by atoms with E-state index in [0.717, 1.165) is 37.8 Å². The van der Waals surface area contributed by atoms with Crippen molar-refractivity contribution < 1.29 is 0 Å². The van der Waals surface area contributed by atoms with Gasteiger partial charge in [-0.1, -0.05) is 57.2 Å². The van der Waals surface area contributed by atoms with Crippen LogP contribution >= 0.6 is 12.2 Å². The predicted octanol–water partition coefficient (Wildman–Crippen LogP) is 4.04. The van der Waals surface area contributed by atoms with Crippen LogP contribution in [0.1, 0.15) is 45.4 Å². The van der Waals surface area contributed by atoms with Gasteiger partial charge in [0.05, 0.1) is 0 Å². The molecule has 0 aliphatic carbocycles. The van der Waals surface area contributed by atoms with E-state index in [2.05, 4.69) is 52.4 Å². The van der Waals surface area contributed by atoms with Gasteiger partial charge in [-0.15, -0.1) is 0 Å². The lowest BCUT2D eigenvalue weighted by molar-refractivity contribution is 0.379. The molecule has 23 heavy (non-hydrogen) atoms. The molecule has 0 saturated carbocycles. The highest BCUT2D eigenvalue weighted by atomic mass is 32.1. The average molecular weight is 334 g/mol. The SMILES string of the molecule is CCCCCCCCNC(=S)N1CCN(c2ccccc2)CC1. The topological polar surface area (TPSA) is 18.5 Å². The van der Waals surface area contributed by atoms with E-state index in [4.69, 9.17) is 12.2 Å². The smallest absolute Gasteiger partial charge is 0.169 e. The lowest BCUT2D eigenvalue weighted by Crippen LogP contribution is -2.51. The Morgan fingerprint density at radius 3 is 2.30 bits per heavy atom. The quantitative estimate of drug-likeness (QED) is 0.571. The van der Waals surface area contributed by atoms with E-state index in [-0.39, 0.29) is 0 Å². The van der Waals surface area contributed by atoms with Gasteiger partial charge in [-0.2, -0.15) is 0 Å². The fraction of sp³-hybridized carbons (Fsp3) is 0.632. The number of unbranched alkanes of at least 4 members (excludes halogenated alkanes) is 5. The zero-order valence-electron chi connectivity index (χ0n) is 14.5. The highest BCUT2D eigenvalue weighted by Gasteiger charge is 2.18. The Bertz CT molecular complexity index is 441. The van der Waals surface area contributed by atoms with Crippen molar-refractivity contribution in [1.82, 2.24) is 10.2 Å². The molecule has 2 rings (SSSR count). The molecule has 1 aromatic carbocycles. The Labute approximate surface area is 147 Å². The molecule has 1 N–H and O–H groups in total. The highest BCUT2D eigenvalue weighted by molar-refractivity contribution is 7.80. The molecule has 4 heteroatoms. The van der Waals surface area contributed by atoms with Gasteiger partial charge in [0.25, 0.3) is 0 Å². The molecule has 1 saturated heterocycles. The molecule has 0 spiro atoms. The molecule has 3 nitrogen and oxygen atoms in total. The zero-order valence-corrected chi connectivity index (χ0v) is 15.3. The maximum Gasteiger partial charge on any atom is 0.169 e.